The molecule has 0 aliphatic rings. The van der Waals surface area contributed by atoms with Crippen molar-refractivity contribution in [3.05, 3.63) is 0 Å². The van der Waals surface area contributed by atoms with E-state index in [2.05, 4.69) is 55.4 Å². The van der Waals surface area contributed by atoms with Crippen molar-refractivity contribution in [1.82, 2.24) is 4.90 Å². The number of rotatable bonds is 11. The van der Waals surface area contributed by atoms with Crippen LogP contribution in [0.5, 0.6) is 0 Å². The van der Waals surface area contributed by atoms with Crippen molar-refractivity contribution < 1.29 is 0 Å². The first-order valence-electron chi connectivity index (χ1n) is 7.74. The maximum Gasteiger partial charge on any atom is 0.00338 e. The van der Waals surface area contributed by atoms with E-state index in [9.17, 15) is 0 Å². The van der Waals surface area contributed by atoms with Crippen molar-refractivity contribution in [2.45, 2.75) is 60.3 Å². The summed E-state index contributed by atoms with van der Waals surface area (Å²) in [4.78, 5) is 2.69. The predicted molar refractivity (Wildman–Crippen MR) is 87.5 cm³/mol. The SMILES string of the molecule is CC(C)CCN(CCC(C)C)CCC(C)CCBr. The smallest absolute Gasteiger partial charge is 0.00338 e. The molecule has 2 heteroatoms. The van der Waals surface area contributed by atoms with Gasteiger partial charge in [0.25, 0.3) is 0 Å². The van der Waals surface area contributed by atoms with E-state index in [0.717, 1.165) is 23.1 Å². The molecule has 0 heterocycles. The molecule has 0 bridgehead atoms. The summed E-state index contributed by atoms with van der Waals surface area (Å²) >= 11 is 3.54. The Morgan fingerprint density at radius 2 is 1.17 bits per heavy atom. The standard InChI is InChI=1S/C16H34BrN/c1-14(2)7-11-18(12-8-15(3)4)13-9-16(5)6-10-17/h14-16H,6-13H2,1-5H3. The molecular formula is C16H34BrN. The lowest BCUT2D eigenvalue weighted by atomic mass is 10.0. The fraction of sp³-hybridized carbons (Fsp3) is 1.00. The van der Waals surface area contributed by atoms with Crippen LogP contribution >= 0.6 is 15.9 Å². The fourth-order valence-electron chi connectivity index (χ4n) is 1.95. The molecular weight excluding hydrogens is 286 g/mol. The highest BCUT2D eigenvalue weighted by molar-refractivity contribution is 9.09. The average Bonchev–Trinajstić information content (AvgIpc) is 2.27. The third-order valence-corrected chi connectivity index (χ3v) is 4.04. The van der Waals surface area contributed by atoms with Crippen molar-refractivity contribution in [2.75, 3.05) is 25.0 Å². The van der Waals surface area contributed by atoms with Crippen molar-refractivity contribution in [1.29, 1.82) is 0 Å². The first-order valence-corrected chi connectivity index (χ1v) is 8.86. The van der Waals surface area contributed by atoms with Crippen LogP contribution in [0.1, 0.15) is 60.3 Å². The van der Waals surface area contributed by atoms with Crippen molar-refractivity contribution in [3.8, 4) is 0 Å². The minimum Gasteiger partial charge on any atom is -0.303 e. The van der Waals surface area contributed by atoms with Gasteiger partial charge in [0, 0.05) is 5.33 Å². The van der Waals surface area contributed by atoms with Gasteiger partial charge >= 0.3 is 0 Å². The van der Waals surface area contributed by atoms with Gasteiger partial charge in [0.1, 0.15) is 0 Å². The Bertz CT molecular complexity index is 168. The summed E-state index contributed by atoms with van der Waals surface area (Å²) in [7, 11) is 0. The van der Waals surface area contributed by atoms with Gasteiger partial charge in [-0.2, -0.15) is 0 Å². The van der Waals surface area contributed by atoms with Crippen LogP contribution in [0.15, 0.2) is 0 Å². The molecule has 110 valence electrons. The fourth-order valence-corrected chi connectivity index (χ4v) is 2.73. The molecule has 0 aromatic carbocycles. The zero-order valence-electron chi connectivity index (χ0n) is 13.2. The van der Waals surface area contributed by atoms with Gasteiger partial charge < -0.3 is 4.90 Å². The highest BCUT2D eigenvalue weighted by atomic mass is 79.9. The van der Waals surface area contributed by atoms with Gasteiger partial charge in [-0.1, -0.05) is 50.5 Å². The Kier molecular flexibility index (Phi) is 11.6. The zero-order chi connectivity index (χ0) is 14.0. The highest BCUT2D eigenvalue weighted by Crippen LogP contribution is 2.12. The van der Waals surface area contributed by atoms with E-state index in [-0.39, 0.29) is 0 Å². The quantitative estimate of drug-likeness (QED) is 0.473. The largest absolute Gasteiger partial charge is 0.303 e. The Labute approximate surface area is 124 Å². The predicted octanol–water partition coefficient (Wildman–Crippen LogP) is 5.19. The average molecular weight is 320 g/mol. The van der Waals surface area contributed by atoms with E-state index in [0.29, 0.717) is 0 Å². The molecule has 0 spiro atoms. The Hall–Kier alpha value is 0.440. The van der Waals surface area contributed by atoms with Crippen LogP contribution in [-0.2, 0) is 0 Å². The van der Waals surface area contributed by atoms with Gasteiger partial charge in [-0.3, -0.25) is 0 Å². The molecule has 0 amide bonds. The number of alkyl halides is 1. The molecule has 0 aromatic heterocycles. The Morgan fingerprint density at radius 3 is 1.56 bits per heavy atom. The van der Waals surface area contributed by atoms with E-state index >= 15 is 0 Å². The molecule has 0 aliphatic heterocycles. The number of hydrogen-bond acceptors (Lipinski definition) is 1. The monoisotopic (exact) mass is 319 g/mol. The second kappa shape index (κ2) is 11.3. The van der Waals surface area contributed by atoms with E-state index < -0.39 is 0 Å². The number of nitrogens with zero attached hydrogens (tertiary/aromatic N) is 1. The second-order valence-corrected chi connectivity index (χ2v) is 7.37. The minimum atomic E-state index is 0.825. The third-order valence-electron chi connectivity index (χ3n) is 3.59. The Balaban J connectivity index is 3.94. The summed E-state index contributed by atoms with van der Waals surface area (Å²) in [5.74, 6) is 2.50. The van der Waals surface area contributed by atoms with Crippen molar-refractivity contribution >= 4 is 15.9 Å². The lowest BCUT2D eigenvalue weighted by Crippen LogP contribution is -2.29. The van der Waals surface area contributed by atoms with Crippen LogP contribution in [-0.4, -0.2) is 29.9 Å². The van der Waals surface area contributed by atoms with Gasteiger partial charge in [-0.15, -0.1) is 0 Å². The molecule has 1 atom stereocenters. The van der Waals surface area contributed by atoms with Gasteiger partial charge in [-0.05, 0) is 63.1 Å². The van der Waals surface area contributed by atoms with E-state index in [1.165, 1.54) is 45.3 Å². The van der Waals surface area contributed by atoms with Gasteiger partial charge in [-0.25, -0.2) is 0 Å². The molecule has 0 rings (SSSR count). The summed E-state index contributed by atoms with van der Waals surface area (Å²) in [6, 6.07) is 0. The van der Waals surface area contributed by atoms with Crippen LogP contribution in [0.4, 0.5) is 0 Å². The van der Waals surface area contributed by atoms with Crippen LogP contribution in [0.25, 0.3) is 0 Å². The summed E-state index contributed by atoms with van der Waals surface area (Å²) in [5.41, 5.74) is 0. The van der Waals surface area contributed by atoms with Gasteiger partial charge in [0.15, 0.2) is 0 Å². The molecule has 0 saturated heterocycles. The second-order valence-electron chi connectivity index (χ2n) is 6.58. The Morgan fingerprint density at radius 1 is 0.722 bits per heavy atom. The minimum absolute atomic E-state index is 0.825. The molecule has 0 aliphatic carbocycles. The normalized spacial score (nSPS) is 13.8. The maximum atomic E-state index is 3.54. The third kappa shape index (κ3) is 11.5. The molecule has 0 saturated carbocycles. The van der Waals surface area contributed by atoms with E-state index in [1.54, 1.807) is 0 Å². The lowest BCUT2D eigenvalue weighted by molar-refractivity contribution is 0.228. The number of hydrogen-bond donors (Lipinski definition) is 0. The summed E-state index contributed by atoms with van der Waals surface area (Å²) in [6.07, 6.45) is 5.33. The van der Waals surface area contributed by atoms with Crippen LogP contribution < -0.4 is 0 Å². The van der Waals surface area contributed by atoms with Crippen molar-refractivity contribution in [3.63, 3.8) is 0 Å². The molecule has 0 radical (unpaired) electrons. The topological polar surface area (TPSA) is 3.24 Å². The summed E-state index contributed by atoms with van der Waals surface area (Å²) in [5, 5.41) is 1.14. The highest BCUT2D eigenvalue weighted by Gasteiger charge is 2.09. The first-order chi connectivity index (χ1) is 8.45. The van der Waals surface area contributed by atoms with Gasteiger partial charge in [0.05, 0.1) is 0 Å². The summed E-state index contributed by atoms with van der Waals surface area (Å²) < 4.78 is 0. The zero-order valence-corrected chi connectivity index (χ0v) is 14.8. The molecule has 0 aromatic rings. The summed E-state index contributed by atoms with van der Waals surface area (Å²) in [6.45, 7) is 15.5. The van der Waals surface area contributed by atoms with E-state index in [4.69, 9.17) is 0 Å². The van der Waals surface area contributed by atoms with Crippen LogP contribution in [0.2, 0.25) is 0 Å². The lowest BCUT2D eigenvalue weighted by Gasteiger charge is -2.25. The van der Waals surface area contributed by atoms with Crippen molar-refractivity contribution in [2.24, 2.45) is 17.8 Å². The number of halogens is 1. The van der Waals surface area contributed by atoms with Crippen LogP contribution in [0.3, 0.4) is 0 Å². The molecule has 0 fully saturated rings. The molecule has 1 unspecified atom stereocenters. The molecule has 18 heavy (non-hydrogen) atoms. The molecule has 0 N–H and O–H groups in total. The maximum absolute atomic E-state index is 3.54. The first kappa shape index (κ1) is 18.4. The molecule has 1 nitrogen and oxygen atoms in total. The van der Waals surface area contributed by atoms with E-state index in [1.807, 2.05) is 0 Å². The van der Waals surface area contributed by atoms with Crippen LogP contribution in [0, 0.1) is 17.8 Å². The van der Waals surface area contributed by atoms with Gasteiger partial charge in [0.2, 0.25) is 0 Å².